The second-order valence-electron chi connectivity index (χ2n) is 6.04. The number of benzene rings is 2. The predicted molar refractivity (Wildman–Crippen MR) is 103 cm³/mol. The number of carboxylic acid groups (broad SMARTS) is 1. The molecule has 0 aliphatic heterocycles. The highest BCUT2D eigenvalue weighted by molar-refractivity contribution is 7.89. The van der Waals surface area contributed by atoms with E-state index in [1.54, 1.807) is 24.3 Å². The van der Waals surface area contributed by atoms with Crippen LogP contribution >= 0.6 is 11.6 Å². The molecule has 2 aromatic rings. The number of hydrogen-bond donors (Lipinski definition) is 1. The van der Waals surface area contributed by atoms with Gasteiger partial charge < -0.3 is 5.11 Å². The monoisotopic (exact) mass is 409 g/mol. The van der Waals surface area contributed by atoms with E-state index < -0.39 is 16.0 Å². The maximum atomic E-state index is 12.5. The first-order valence-corrected chi connectivity index (χ1v) is 10.1. The van der Waals surface area contributed by atoms with Crippen LogP contribution in [0.3, 0.4) is 0 Å². The molecule has 144 valence electrons. The topological polar surface area (TPSA) is 91.8 Å². The van der Waals surface area contributed by atoms with Gasteiger partial charge in [-0.1, -0.05) is 35.9 Å². The van der Waals surface area contributed by atoms with Gasteiger partial charge >= 0.3 is 5.97 Å². The Bertz CT molecular complexity index is 908. The largest absolute Gasteiger partial charge is 0.481 e. The molecule has 0 unspecified atom stereocenters. The van der Waals surface area contributed by atoms with Crippen molar-refractivity contribution in [2.45, 2.75) is 24.2 Å². The summed E-state index contributed by atoms with van der Waals surface area (Å²) in [4.78, 5) is 22.6. The summed E-state index contributed by atoms with van der Waals surface area (Å²) in [5, 5.41) is 9.09. The van der Waals surface area contributed by atoms with E-state index >= 15 is 0 Å². The van der Waals surface area contributed by atoms with Crippen molar-refractivity contribution < 1.29 is 23.1 Å². The zero-order valence-corrected chi connectivity index (χ0v) is 16.3. The van der Waals surface area contributed by atoms with Crippen LogP contribution in [0.1, 0.15) is 28.8 Å². The normalized spacial score (nSPS) is 11.5. The molecule has 0 atom stereocenters. The molecule has 0 amide bonds. The van der Waals surface area contributed by atoms with Gasteiger partial charge in [-0.25, -0.2) is 12.7 Å². The van der Waals surface area contributed by atoms with Crippen molar-refractivity contribution in [1.29, 1.82) is 0 Å². The molecule has 2 rings (SSSR count). The molecule has 0 saturated carbocycles. The van der Waals surface area contributed by atoms with Crippen molar-refractivity contribution in [1.82, 2.24) is 4.31 Å². The molecule has 0 bridgehead atoms. The first-order valence-electron chi connectivity index (χ1n) is 8.26. The summed E-state index contributed by atoms with van der Waals surface area (Å²) in [7, 11) is -2.09. The molecule has 27 heavy (non-hydrogen) atoms. The number of Topliss-reactive ketones (excluding diaryl/α,β-unsaturated/α-hetero) is 1. The highest BCUT2D eigenvalue weighted by Crippen LogP contribution is 2.18. The van der Waals surface area contributed by atoms with Gasteiger partial charge in [-0.3, -0.25) is 9.59 Å². The van der Waals surface area contributed by atoms with E-state index in [1.807, 2.05) is 0 Å². The molecule has 0 fully saturated rings. The van der Waals surface area contributed by atoms with E-state index in [9.17, 15) is 18.0 Å². The number of aliphatic carboxylic acids is 1. The third-order valence-corrected chi connectivity index (χ3v) is 6.20. The van der Waals surface area contributed by atoms with Crippen molar-refractivity contribution in [3.8, 4) is 0 Å². The standard InChI is InChI=1S/C19H20ClNO5S/c1-21(27(25,26)17-8-6-16(20)7-9-17)13-12-14-2-4-15(5-3-14)18(22)10-11-19(23)24/h2-9H,10-13H2,1H3,(H,23,24). The van der Waals surface area contributed by atoms with Crippen LogP contribution < -0.4 is 0 Å². The number of ketones is 1. The SMILES string of the molecule is CN(CCc1ccc(C(=O)CCC(=O)O)cc1)S(=O)(=O)c1ccc(Cl)cc1. The number of nitrogens with zero attached hydrogens (tertiary/aromatic N) is 1. The number of halogens is 1. The maximum Gasteiger partial charge on any atom is 0.303 e. The van der Waals surface area contributed by atoms with Crippen molar-refractivity contribution in [2.24, 2.45) is 0 Å². The second-order valence-corrected chi connectivity index (χ2v) is 8.53. The molecule has 0 aliphatic carbocycles. The molecule has 6 nitrogen and oxygen atoms in total. The molecule has 0 spiro atoms. The van der Waals surface area contributed by atoms with Crippen LogP contribution in [0.5, 0.6) is 0 Å². The number of carbonyl (C=O) groups excluding carboxylic acids is 1. The summed E-state index contributed by atoms with van der Waals surface area (Å²) in [5.74, 6) is -1.24. The van der Waals surface area contributed by atoms with Gasteiger partial charge in [0.1, 0.15) is 0 Å². The molecule has 0 aliphatic rings. The van der Waals surface area contributed by atoms with E-state index in [-0.39, 0.29) is 30.1 Å². The number of sulfonamides is 1. The highest BCUT2D eigenvalue weighted by atomic mass is 35.5. The zero-order valence-electron chi connectivity index (χ0n) is 14.8. The van der Waals surface area contributed by atoms with Crippen molar-refractivity contribution >= 4 is 33.4 Å². The Balaban J connectivity index is 1.96. The summed E-state index contributed by atoms with van der Waals surface area (Å²) < 4.78 is 26.3. The van der Waals surface area contributed by atoms with Gasteiger partial charge in [0.25, 0.3) is 0 Å². The summed E-state index contributed by atoms with van der Waals surface area (Å²) >= 11 is 5.79. The molecular formula is C19H20ClNO5S. The van der Waals surface area contributed by atoms with Crippen LogP contribution in [0.4, 0.5) is 0 Å². The van der Waals surface area contributed by atoms with Crippen LogP contribution in [0.2, 0.25) is 5.02 Å². The van der Waals surface area contributed by atoms with Gasteiger partial charge in [0, 0.05) is 30.6 Å². The Labute approximate surface area is 163 Å². The van der Waals surface area contributed by atoms with E-state index in [0.717, 1.165) is 5.56 Å². The zero-order chi connectivity index (χ0) is 20.0. The highest BCUT2D eigenvalue weighted by Gasteiger charge is 2.20. The Hall–Kier alpha value is -2.22. The molecule has 8 heteroatoms. The summed E-state index contributed by atoms with van der Waals surface area (Å²) in [6.45, 7) is 0.275. The molecule has 2 aromatic carbocycles. The molecule has 0 aromatic heterocycles. The number of likely N-dealkylation sites (N-methyl/N-ethyl adjacent to an activating group) is 1. The Morgan fingerprint density at radius 2 is 1.59 bits per heavy atom. The van der Waals surface area contributed by atoms with Gasteiger partial charge in [-0.2, -0.15) is 0 Å². The minimum Gasteiger partial charge on any atom is -0.481 e. The quantitative estimate of drug-likeness (QED) is 0.642. The van der Waals surface area contributed by atoms with Crippen LogP contribution in [0, 0.1) is 0 Å². The van der Waals surface area contributed by atoms with E-state index in [4.69, 9.17) is 16.7 Å². The van der Waals surface area contributed by atoms with Crippen molar-refractivity contribution in [3.05, 3.63) is 64.7 Å². The van der Waals surface area contributed by atoms with Crippen molar-refractivity contribution in [3.63, 3.8) is 0 Å². The van der Waals surface area contributed by atoms with Crippen LogP contribution in [-0.4, -0.2) is 43.2 Å². The first kappa shape index (κ1) is 21.1. The van der Waals surface area contributed by atoms with E-state index in [1.165, 1.54) is 35.6 Å². The molecule has 0 heterocycles. The number of hydrogen-bond acceptors (Lipinski definition) is 4. The van der Waals surface area contributed by atoms with Gasteiger partial charge in [0.15, 0.2) is 5.78 Å². The lowest BCUT2D eigenvalue weighted by Crippen LogP contribution is -2.29. The molecule has 1 N–H and O–H groups in total. The van der Waals surface area contributed by atoms with Gasteiger partial charge in [-0.05, 0) is 36.2 Å². The summed E-state index contributed by atoms with van der Waals surface area (Å²) in [6, 6.07) is 12.7. The maximum absolute atomic E-state index is 12.5. The Morgan fingerprint density at radius 1 is 1.00 bits per heavy atom. The van der Waals surface area contributed by atoms with E-state index in [2.05, 4.69) is 0 Å². The number of rotatable bonds is 9. The fourth-order valence-corrected chi connectivity index (χ4v) is 3.71. The van der Waals surface area contributed by atoms with Gasteiger partial charge in [0.2, 0.25) is 10.0 Å². The Kier molecular flexibility index (Phi) is 7.12. The van der Waals surface area contributed by atoms with Crippen LogP contribution in [-0.2, 0) is 21.2 Å². The average Bonchev–Trinajstić information content (AvgIpc) is 2.64. The van der Waals surface area contributed by atoms with E-state index in [0.29, 0.717) is 17.0 Å². The smallest absolute Gasteiger partial charge is 0.303 e. The lowest BCUT2D eigenvalue weighted by molar-refractivity contribution is -0.136. The number of carbonyl (C=O) groups is 2. The molecule has 0 saturated heterocycles. The third-order valence-electron chi connectivity index (χ3n) is 4.08. The van der Waals surface area contributed by atoms with Crippen LogP contribution in [0.15, 0.2) is 53.4 Å². The second kappa shape index (κ2) is 9.12. The predicted octanol–water partition coefficient (Wildman–Crippen LogP) is 3.25. The van der Waals surface area contributed by atoms with Gasteiger partial charge in [-0.15, -0.1) is 0 Å². The lowest BCUT2D eigenvalue weighted by atomic mass is 10.0. The fourth-order valence-electron chi connectivity index (χ4n) is 2.42. The molecular weight excluding hydrogens is 390 g/mol. The molecule has 0 radical (unpaired) electrons. The lowest BCUT2D eigenvalue weighted by Gasteiger charge is -2.17. The Morgan fingerprint density at radius 3 is 2.15 bits per heavy atom. The minimum atomic E-state index is -3.60. The summed E-state index contributed by atoms with van der Waals surface area (Å²) in [5.41, 5.74) is 1.32. The van der Waals surface area contributed by atoms with Crippen molar-refractivity contribution in [2.75, 3.05) is 13.6 Å². The average molecular weight is 410 g/mol. The van der Waals surface area contributed by atoms with Gasteiger partial charge in [0.05, 0.1) is 11.3 Å². The summed E-state index contributed by atoms with van der Waals surface area (Å²) in [6.07, 6.45) is 0.234. The third kappa shape index (κ3) is 5.89. The van der Waals surface area contributed by atoms with Crippen LogP contribution in [0.25, 0.3) is 0 Å². The minimum absolute atomic E-state index is 0.0449. The first-order chi connectivity index (χ1) is 12.7. The number of carboxylic acids is 1. The fraction of sp³-hybridized carbons (Fsp3) is 0.263.